The molecule has 0 saturated carbocycles. The number of fused-ring (bicyclic) bond motifs is 1. The summed E-state index contributed by atoms with van der Waals surface area (Å²) in [7, 11) is 0. The van der Waals surface area contributed by atoms with Crippen molar-refractivity contribution in [3.8, 4) is 5.69 Å². The first kappa shape index (κ1) is 16.4. The van der Waals surface area contributed by atoms with Gasteiger partial charge in [-0.2, -0.15) is 13.2 Å². The molecule has 3 rings (SSSR count). The molecule has 0 fully saturated rings. The van der Waals surface area contributed by atoms with Gasteiger partial charge in [0.05, 0.1) is 16.6 Å². The molecule has 0 unspecified atom stereocenters. The maximum Gasteiger partial charge on any atom is 0.417 e. The summed E-state index contributed by atoms with van der Waals surface area (Å²) in [4.78, 5) is 18.7. The van der Waals surface area contributed by atoms with E-state index in [4.69, 9.17) is 12.2 Å². The fourth-order valence-electron chi connectivity index (χ4n) is 2.62. The molecule has 1 N–H and O–H groups in total. The molecule has 0 saturated heterocycles. The zero-order chi connectivity index (χ0) is 17.6. The number of rotatable bonds is 1. The standard InChI is InChI=1S/C16H12F3N3OS/c1-8-5-3-4-6-11(8)22-13-12(14(23)21-15(22)24)10(16(17,18)19)7-9(2)20-13/h3-7H,1-2H3,(H,21,23,24). The van der Waals surface area contributed by atoms with E-state index in [1.165, 1.54) is 11.5 Å². The highest BCUT2D eigenvalue weighted by Gasteiger charge is 2.35. The van der Waals surface area contributed by atoms with Crippen LogP contribution in [0.1, 0.15) is 16.8 Å². The summed E-state index contributed by atoms with van der Waals surface area (Å²) in [5.74, 6) is 0. The predicted octanol–water partition coefficient (Wildman–Crippen LogP) is 4.08. The van der Waals surface area contributed by atoms with Gasteiger partial charge in [-0.25, -0.2) is 4.98 Å². The Bertz CT molecular complexity index is 1070. The van der Waals surface area contributed by atoms with Gasteiger partial charge >= 0.3 is 6.18 Å². The van der Waals surface area contributed by atoms with Crippen molar-refractivity contribution in [2.75, 3.05) is 0 Å². The number of aromatic amines is 1. The van der Waals surface area contributed by atoms with E-state index in [9.17, 15) is 18.0 Å². The molecule has 8 heteroatoms. The molecule has 3 aromatic rings. The molecule has 0 spiro atoms. The van der Waals surface area contributed by atoms with Gasteiger partial charge in [0.25, 0.3) is 5.56 Å². The van der Waals surface area contributed by atoms with Gasteiger partial charge < -0.3 is 0 Å². The number of nitrogens with zero attached hydrogens (tertiary/aromatic N) is 2. The van der Waals surface area contributed by atoms with Crippen LogP contribution in [0.3, 0.4) is 0 Å². The van der Waals surface area contributed by atoms with Gasteiger partial charge in [0.15, 0.2) is 10.4 Å². The molecule has 0 aliphatic rings. The number of aryl methyl sites for hydroxylation is 2. The van der Waals surface area contributed by atoms with Crippen LogP contribution in [0.2, 0.25) is 0 Å². The highest BCUT2D eigenvalue weighted by Crippen LogP contribution is 2.34. The SMILES string of the molecule is Cc1cc(C(F)(F)F)c2c(=O)[nH]c(=S)n(-c3ccccc3C)c2n1. The van der Waals surface area contributed by atoms with Gasteiger partial charge in [-0.15, -0.1) is 0 Å². The molecule has 2 heterocycles. The van der Waals surface area contributed by atoms with Crippen LogP contribution in [0.15, 0.2) is 35.1 Å². The maximum absolute atomic E-state index is 13.4. The van der Waals surface area contributed by atoms with Crippen molar-refractivity contribution in [2.24, 2.45) is 0 Å². The minimum Gasteiger partial charge on any atom is -0.298 e. The van der Waals surface area contributed by atoms with Crippen LogP contribution < -0.4 is 5.56 Å². The first-order valence-corrected chi connectivity index (χ1v) is 7.41. The third-order valence-corrected chi connectivity index (χ3v) is 3.94. The smallest absolute Gasteiger partial charge is 0.298 e. The van der Waals surface area contributed by atoms with Crippen LogP contribution >= 0.6 is 12.2 Å². The summed E-state index contributed by atoms with van der Waals surface area (Å²) < 4.78 is 41.5. The Morgan fingerprint density at radius 3 is 2.50 bits per heavy atom. The van der Waals surface area contributed by atoms with E-state index < -0.39 is 22.7 Å². The molecule has 0 radical (unpaired) electrons. The lowest BCUT2D eigenvalue weighted by molar-refractivity contribution is -0.136. The summed E-state index contributed by atoms with van der Waals surface area (Å²) in [6.07, 6.45) is -4.68. The Labute approximate surface area is 139 Å². The van der Waals surface area contributed by atoms with Crippen molar-refractivity contribution in [3.05, 3.63) is 62.3 Å². The molecule has 4 nitrogen and oxygen atoms in total. The lowest BCUT2D eigenvalue weighted by Crippen LogP contribution is -2.20. The summed E-state index contributed by atoms with van der Waals surface area (Å²) in [5, 5.41) is -0.523. The zero-order valence-electron chi connectivity index (χ0n) is 12.7. The number of para-hydroxylation sites is 1. The van der Waals surface area contributed by atoms with Crippen LogP contribution in [0.5, 0.6) is 0 Å². The molecule has 0 atom stereocenters. The second-order valence-electron chi connectivity index (χ2n) is 5.39. The van der Waals surface area contributed by atoms with Crippen LogP contribution in [-0.2, 0) is 6.18 Å². The second kappa shape index (κ2) is 5.55. The van der Waals surface area contributed by atoms with E-state index in [2.05, 4.69) is 9.97 Å². The third kappa shape index (κ3) is 2.62. The average molecular weight is 351 g/mol. The number of nitrogens with one attached hydrogen (secondary N) is 1. The van der Waals surface area contributed by atoms with Gasteiger partial charge in [0.2, 0.25) is 0 Å². The number of alkyl halides is 3. The number of benzene rings is 1. The quantitative estimate of drug-likeness (QED) is 0.672. The van der Waals surface area contributed by atoms with Gasteiger partial charge in [-0.1, -0.05) is 18.2 Å². The van der Waals surface area contributed by atoms with Crippen molar-refractivity contribution in [1.29, 1.82) is 0 Å². The molecule has 124 valence electrons. The first-order valence-electron chi connectivity index (χ1n) is 7.00. The lowest BCUT2D eigenvalue weighted by Gasteiger charge is -2.16. The normalized spacial score (nSPS) is 11.9. The largest absolute Gasteiger partial charge is 0.417 e. The monoisotopic (exact) mass is 351 g/mol. The van der Waals surface area contributed by atoms with Crippen LogP contribution in [-0.4, -0.2) is 14.5 Å². The number of hydrogen-bond acceptors (Lipinski definition) is 3. The summed E-state index contributed by atoms with van der Waals surface area (Å²) >= 11 is 5.17. The van der Waals surface area contributed by atoms with E-state index in [1.807, 2.05) is 0 Å². The minimum atomic E-state index is -4.68. The average Bonchev–Trinajstić information content (AvgIpc) is 2.47. The molecule has 2 aromatic heterocycles. The van der Waals surface area contributed by atoms with Gasteiger partial charge in [0.1, 0.15) is 0 Å². The number of H-pyrrole nitrogens is 1. The van der Waals surface area contributed by atoms with E-state index in [-0.39, 0.29) is 16.1 Å². The Kier molecular flexibility index (Phi) is 3.79. The van der Waals surface area contributed by atoms with E-state index in [0.717, 1.165) is 11.6 Å². The van der Waals surface area contributed by atoms with Crippen LogP contribution in [0.4, 0.5) is 13.2 Å². The number of pyridine rings is 1. The fraction of sp³-hybridized carbons (Fsp3) is 0.188. The number of halogens is 3. The predicted molar refractivity (Wildman–Crippen MR) is 87.0 cm³/mol. The Morgan fingerprint density at radius 1 is 1.21 bits per heavy atom. The molecule has 0 aliphatic heterocycles. The summed E-state index contributed by atoms with van der Waals surface area (Å²) in [5.41, 5.74) is -0.528. The highest BCUT2D eigenvalue weighted by atomic mass is 32.1. The van der Waals surface area contributed by atoms with Gasteiger partial charge in [-0.05, 0) is 43.8 Å². The van der Waals surface area contributed by atoms with Crippen LogP contribution in [0, 0.1) is 18.6 Å². The molecule has 0 bridgehead atoms. The van der Waals surface area contributed by atoms with Crippen molar-refractivity contribution in [1.82, 2.24) is 14.5 Å². The Balaban J connectivity index is 2.58. The van der Waals surface area contributed by atoms with Crippen LogP contribution in [0.25, 0.3) is 16.7 Å². The van der Waals surface area contributed by atoms with E-state index in [0.29, 0.717) is 5.69 Å². The zero-order valence-corrected chi connectivity index (χ0v) is 13.5. The Hall–Kier alpha value is -2.48. The molecular weight excluding hydrogens is 339 g/mol. The third-order valence-electron chi connectivity index (χ3n) is 3.65. The molecule has 24 heavy (non-hydrogen) atoms. The Morgan fingerprint density at radius 2 is 1.88 bits per heavy atom. The van der Waals surface area contributed by atoms with Gasteiger partial charge in [-0.3, -0.25) is 14.3 Å². The number of hydrogen-bond donors (Lipinski definition) is 1. The second-order valence-corrected chi connectivity index (χ2v) is 5.78. The van der Waals surface area contributed by atoms with Crippen molar-refractivity contribution < 1.29 is 13.2 Å². The van der Waals surface area contributed by atoms with Crippen molar-refractivity contribution in [2.45, 2.75) is 20.0 Å². The summed E-state index contributed by atoms with van der Waals surface area (Å²) in [6.45, 7) is 3.25. The first-order chi connectivity index (χ1) is 11.2. The molecular formula is C16H12F3N3OS. The van der Waals surface area contributed by atoms with E-state index >= 15 is 0 Å². The maximum atomic E-state index is 13.4. The molecule has 0 amide bonds. The molecule has 1 aromatic carbocycles. The topological polar surface area (TPSA) is 50.7 Å². The van der Waals surface area contributed by atoms with Gasteiger partial charge in [0, 0.05) is 5.69 Å². The fourth-order valence-corrected chi connectivity index (χ4v) is 2.89. The molecule has 0 aliphatic carbocycles. The lowest BCUT2D eigenvalue weighted by atomic mass is 10.1. The summed E-state index contributed by atoms with van der Waals surface area (Å²) in [6, 6.07) is 7.91. The number of aromatic nitrogens is 3. The van der Waals surface area contributed by atoms with Crippen molar-refractivity contribution in [3.63, 3.8) is 0 Å². The highest BCUT2D eigenvalue weighted by molar-refractivity contribution is 7.71. The van der Waals surface area contributed by atoms with E-state index in [1.54, 1.807) is 31.2 Å². The minimum absolute atomic E-state index is 0.00646. The van der Waals surface area contributed by atoms with Crippen molar-refractivity contribution >= 4 is 23.3 Å².